The molecule has 11 rings (SSSR count). The van der Waals surface area contributed by atoms with Crippen molar-refractivity contribution >= 4 is 34.8 Å². The standard InChI is InChI=1S/C62H44O3P/c63-66(64,65)61-33-19-32-52(59-40-57-50(38-55(59)46-28-15-5-16-29-46)34-48(42-20-7-1-8-21-42)36-53(57)44-24-11-3-12-25-44)62(61)60-41-58-51(39-56(60)47-30-17-6-18-31-47)35-49(43-22-9-2-10-23-43)37-54(58)45-26-13-4-14-27-45/h1-41,63-65H/q+1. The summed E-state index contributed by atoms with van der Waals surface area (Å²) < 4.78 is 0. The molecule has 0 aliphatic heterocycles. The first kappa shape index (κ1) is 41.0. The van der Waals surface area contributed by atoms with Crippen LogP contribution in [0.3, 0.4) is 0 Å². The Morgan fingerprint density at radius 2 is 0.576 bits per heavy atom. The molecule has 11 aromatic rings. The lowest BCUT2D eigenvalue weighted by molar-refractivity contribution is 0.347. The van der Waals surface area contributed by atoms with Crippen LogP contribution in [0, 0.1) is 0 Å². The van der Waals surface area contributed by atoms with Crippen LogP contribution < -0.4 is 5.30 Å². The third kappa shape index (κ3) is 7.81. The number of fused-ring (bicyclic) bond motifs is 2. The van der Waals surface area contributed by atoms with Crippen LogP contribution in [0.5, 0.6) is 0 Å². The van der Waals surface area contributed by atoms with Crippen molar-refractivity contribution in [3.63, 3.8) is 0 Å². The summed E-state index contributed by atoms with van der Waals surface area (Å²) >= 11 is 0. The van der Waals surface area contributed by atoms with Gasteiger partial charge in [-0.1, -0.05) is 194 Å². The lowest BCUT2D eigenvalue weighted by atomic mass is 9.82. The van der Waals surface area contributed by atoms with Gasteiger partial charge in [0.2, 0.25) is 0 Å². The molecule has 0 saturated heterocycles. The Morgan fingerprint density at radius 1 is 0.227 bits per heavy atom. The van der Waals surface area contributed by atoms with Crippen molar-refractivity contribution < 1.29 is 14.7 Å². The Morgan fingerprint density at radius 3 is 0.970 bits per heavy atom. The van der Waals surface area contributed by atoms with E-state index < -0.39 is 7.94 Å². The average Bonchev–Trinajstić information content (AvgIpc) is 3.38. The third-order valence-electron chi connectivity index (χ3n) is 12.7. The summed E-state index contributed by atoms with van der Waals surface area (Å²) in [6.45, 7) is 0. The highest BCUT2D eigenvalue weighted by molar-refractivity contribution is 7.67. The van der Waals surface area contributed by atoms with E-state index in [1.165, 1.54) is 0 Å². The van der Waals surface area contributed by atoms with Gasteiger partial charge in [0.1, 0.15) is 0 Å². The predicted molar refractivity (Wildman–Crippen MR) is 278 cm³/mol. The molecule has 0 heterocycles. The first-order valence-corrected chi connectivity index (χ1v) is 23.8. The molecule has 0 aromatic heterocycles. The van der Waals surface area contributed by atoms with E-state index in [0.29, 0.717) is 5.56 Å². The SMILES string of the molecule is O[P+](O)(O)c1cccc(-c2cc3c(-c4ccccc4)cc(-c4ccccc4)cc3cc2-c2ccccc2)c1-c1cc2c(-c3ccccc3)cc(-c3ccccc3)cc2cc1-c1ccccc1. The van der Waals surface area contributed by atoms with Gasteiger partial charge >= 0.3 is 7.94 Å². The number of rotatable bonds is 9. The van der Waals surface area contributed by atoms with Crippen LogP contribution in [0.25, 0.3) is 111 Å². The molecule has 0 aliphatic carbocycles. The normalized spacial score (nSPS) is 11.6. The molecule has 0 radical (unpaired) electrons. The zero-order valence-corrected chi connectivity index (χ0v) is 36.9. The summed E-state index contributed by atoms with van der Waals surface area (Å²) in [5.74, 6) is 0. The van der Waals surface area contributed by atoms with Crippen molar-refractivity contribution in [1.82, 2.24) is 0 Å². The molecule has 0 atom stereocenters. The van der Waals surface area contributed by atoms with Crippen molar-refractivity contribution in [2.24, 2.45) is 0 Å². The summed E-state index contributed by atoms with van der Waals surface area (Å²) in [4.78, 5) is 34.8. The molecule has 0 unspecified atom stereocenters. The minimum Gasteiger partial charge on any atom is -0.189 e. The summed E-state index contributed by atoms with van der Waals surface area (Å²) in [7, 11) is -4.64. The molecule has 0 aliphatic rings. The summed E-state index contributed by atoms with van der Waals surface area (Å²) in [5.41, 5.74) is 15.5. The molecule has 66 heavy (non-hydrogen) atoms. The Labute approximate surface area is 385 Å². The molecular formula is C62H44O3P+. The lowest BCUT2D eigenvalue weighted by Crippen LogP contribution is -2.14. The van der Waals surface area contributed by atoms with E-state index in [-0.39, 0.29) is 5.30 Å². The molecular weight excluding hydrogens is 824 g/mol. The predicted octanol–water partition coefficient (Wildman–Crippen LogP) is 15.7. The van der Waals surface area contributed by atoms with Crippen molar-refractivity contribution in [1.29, 1.82) is 0 Å². The van der Waals surface area contributed by atoms with Crippen LogP contribution in [0.1, 0.15) is 0 Å². The molecule has 0 spiro atoms. The van der Waals surface area contributed by atoms with Gasteiger partial charge in [-0.2, -0.15) is 14.7 Å². The summed E-state index contributed by atoms with van der Waals surface area (Å²) in [6.07, 6.45) is 0. The van der Waals surface area contributed by atoms with E-state index in [4.69, 9.17) is 0 Å². The van der Waals surface area contributed by atoms with E-state index >= 15 is 0 Å². The van der Waals surface area contributed by atoms with Crippen LogP contribution in [0.4, 0.5) is 0 Å². The fraction of sp³-hybridized carbons (Fsp3) is 0. The van der Waals surface area contributed by atoms with Crippen LogP contribution >= 0.6 is 7.94 Å². The van der Waals surface area contributed by atoms with Crippen molar-refractivity contribution in [3.05, 3.63) is 249 Å². The van der Waals surface area contributed by atoms with Gasteiger partial charge in [0.15, 0.2) is 5.30 Å². The average molecular weight is 868 g/mol. The van der Waals surface area contributed by atoms with Crippen LogP contribution in [-0.2, 0) is 0 Å². The lowest BCUT2D eigenvalue weighted by Gasteiger charge is -2.22. The molecule has 0 amide bonds. The van der Waals surface area contributed by atoms with E-state index in [1.807, 2.05) is 66.7 Å². The second-order valence-electron chi connectivity index (χ2n) is 16.7. The quantitative estimate of drug-likeness (QED) is 0.127. The molecule has 11 aromatic carbocycles. The molecule has 0 saturated carbocycles. The maximum absolute atomic E-state index is 11.6. The number of benzene rings is 11. The van der Waals surface area contributed by atoms with Gasteiger partial charge in [-0.05, 0) is 160 Å². The number of hydrogen-bond donors (Lipinski definition) is 3. The summed E-state index contributed by atoms with van der Waals surface area (Å²) in [5, 5.41) is 4.23. The van der Waals surface area contributed by atoms with Gasteiger partial charge in [-0.15, -0.1) is 0 Å². The molecule has 314 valence electrons. The van der Waals surface area contributed by atoms with E-state index in [9.17, 15) is 14.7 Å². The monoisotopic (exact) mass is 867 g/mol. The Hall–Kier alpha value is -7.75. The molecule has 4 heteroatoms. The van der Waals surface area contributed by atoms with E-state index in [1.54, 1.807) is 6.07 Å². The fourth-order valence-corrected chi connectivity index (χ4v) is 10.4. The van der Waals surface area contributed by atoms with E-state index in [2.05, 4.69) is 176 Å². The van der Waals surface area contributed by atoms with Crippen molar-refractivity contribution in [2.45, 2.75) is 0 Å². The van der Waals surface area contributed by atoms with Crippen molar-refractivity contribution in [2.75, 3.05) is 0 Å². The first-order chi connectivity index (χ1) is 32.4. The highest BCUT2D eigenvalue weighted by atomic mass is 31.2. The van der Waals surface area contributed by atoms with Gasteiger partial charge < -0.3 is 0 Å². The fourth-order valence-electron chi connectivity index (χ4n) is 9.57. The minimum atomic E-state index is -4.64. The van der Waals surface area contributed by atoms with Crippen LogP contribution in [0.15, 0.2) is 249 Å². The van der Waals surface area contributed by atoms with Gasteiger partial charge in [0.25, 0.3) is 0 Å². The van der Waals surface area contributed by atoms with Gasteiger partial charge in [-0.25, -0.2) is 0 Å². The molecule has 0 bridgehead atoms. The Balaban J connectivity index is 1.27. The zero-order valence-electron chi connectivity index (χ0n) is 36.0. The molecule has 0 fully saturated rings. The second-order valence-corrected chi connectivity index (χ2v) is 18.4. The van der Waals surface area contributed by atoms with E-state index in [0.717, 1.165) is 105 Å². The third-order valence-corrected chi connectivity index (χ3v) is 13.7. The summed E-state index contributed by atoms with van der Waals surface area (Å²) in [6, 6.07) is 85.9. The van der Waals surface area contributed by atoms with Gasteiger partial charge in [-0.3, -0.25) is 0 Å². The Kier molecular flexibility index (Phi) is 10.8. The highest BCUT2D eigenvalue weighted by Crippen LogP contribution is 2.52. The van der Waals surface area contributed by atoms with Crippen LogP contribution in [-0.4, -0.2) is 14.7 Å². The Bertz CT molecular complexity index is 3520. The zero-order chi connectivity index (χ0) is 44.6. The largest absolute Gasteiger partial charge is 0.441 e. The smallest absolute Gasteiger partial charge is 0.189 e. The molecule has 3 nitrogen and oxygen atoms in total. The topological polar surface area (TPSA) is 60.7 Å². The van der Waals surface area contributed by atoms with Crippen LogP contribution in [0.2, 0.25) is 0 Å². The maximum atomic E-state index is 11.6. The molecule has 3 N–H and O–H groups in total. The highest BCUT2D eigenvalue weighted by Gasteiger charge is 2.39. The number of hydrogen-bond acceptors (Lipinski definition) is 3. The first-order valence-electron chi connectivity index (χ1n) is 22.2. The van der Waals surface area contributed by atoms with Crippen molar-refractivity contribution in [3.8, 4) is 89.0 Å². The minimum absolute atomic E-state index is 0.0838. The van der Waals surface area contributed by atoms with Gasteiger partial charge in [0, 0.05) is 5.56 Å². The van der Waals surface area contributed by atoms with Gasteiger partial charge in [0.05, 0.1) is 0 Å². The maximum Gasteiger partial charge on any atom is 0.441 e. The second kappa shape index (κ2) is 17.3.